The van der Waals surface area contributed by atoms with Gasteiger partial charge in [-0.25, -0.2) is 9.48 Å². The lowest BCUT2D eigenvalue weighted by Gasteiger charge is -2.06. The summed E-state index contributed by atoms with van der Waals surface area (Å²) in [4.78, 5) is 11.5. The van der Waals surface area contributed by atoms with Gasteiger partial charge in [-0.2, -0.15) is 5.10 Å². The van der Waals surface area contributed by atoms with Crippen LogP contribution in [0.5, 0.6) is 5.88 Å². The molecule has 2 aromatic carbocycles. The molecule has 0 spiro atoms. The molecule has 7 heteroatoms. The Labute approximate surface area is 148 Å². The Balaban J connectivity index is 2.22. The third-order valence-electron chi connectivity index (χ3n) is 3.59. The zero-order valence-corrected chi connectivity index (χ0v) is 14.6. The Bertz CT molecular complexity index is 922. The van der Waals surface area contributed by atoms with Gasteiger partial charge in [0.2, 0.25) is 5.88 Å². The Hall–Kier alpha value is -2.24. The van der Waals surface area contributed by atoms with Crippen LogP contribution in [0.4, 0.5) is 4.79 Å². The van der Waals surface area contributed by atoms with Gasteiger partial charge in [0, 0.05) is 27.7 Å². The molecule has 0 amide bonds. The fourth-order valence-electron chi connectivity index (χ4n) is 2.50. The molecule has 3 aromatic rings. The van der Waals surface area contributed by atoms with E-state index in [2.05, 4.69) is 9.84 Å². The topological polar surface area (TPSA) is 53.4 Å². The Morgan fingerprint density at radius 2 is 2.00 bits per heavy atom. The fraction of sp³-hybridized carbons (Fsp3) is 0.176. The molecule has 0 aliphatic heterocycles. The number of aryl methyl sites for hydroxylation is 1. The monoisotopic (exact) mass is 364 g/mol. The molecule has 1 heterocycles. The van der Waals surface area contributed by atoms with Gasteiger partial charge in [0.15, 0.2) is 0 Å². The lowest BCUT2D eigenvalue weighted by atomic mass is 10.0. The molecule has 5 nitrogen and oxygen atoms in total. The number of aromatic nitrogens is 2. The quantitative estimate of drug-likeness (QED) is 0.601. The van der Waals surface area contributed by atoms with Crippen molar-refractivity contribution in [1.29, 1.82) is 0 Å². The highest BCUT2D eigenvalue weighted by molar-refractivity contribution is 6.36. The molecular weight excluding hydrogens is 351 g/mol. The molecule has 0 aliphatic carbocycles. The number of nitrogens with zero attached hydrogens (tertiary/aromatic N) is 2. The maximum absolute atomic E-state index is 11.5. The van der Waals surface area contributed by atoms with Crippen LogP contribution in [0.25, 0.3) is 22.0 Å². The minimum absolute atomic E-state index is 0.339. The second kappa shape index (κ2) is 6.71. The molecular formula is C17H14Cl2N2O3. The van der Waals surface area contributed by atoms with Crippen molar-refractivity contribution in [3.05, 3.63) is 46.4 Å². The predicted octanol–water partition coefficient (Wildman–Crippen LogP) is 5.18. The van der Waals surface area contributed by atoms with E-state index in [9.17, 15) is 4.79 Å². The van der Waals surface area contributed by atoms with Crippen molar-refractivity contribution in [2.75, 3.05) is 7.11 Å². The number of methoxy groups -OCH3 is 1. The van der Waals surface area contributed by atoms with Gasteiger partial charge >= 0.3 is 6.16 Å². The molecule has 0 fully saturated rings. The van der Waals surface area contributed by atoms with Crippen LogP contribution in [0, 0.1) is 0 Å². The molecule has 0 saturated heterocycles. The molecule has 0 bridgehead atoms. The average molecular weight is 365 g/mol. The average Bonchev–Trinajstić information content (AvgIpc) is 2.93. The molecule has 0 radical (unpaired) electrons. The number of hydrogen-bond donors (Lipinski definition) is 0. The Morgan fingerprint density at radius 3 is 2.67 bits per heavy atom. The van der Waals surface area contributed by atoms with E-state index in [0.717, 1.165) is 11.1 Å². The first kappa shape index (κ1) is 16.6. The van der Waals surface area contributed by atoms with Crippen molar-refractivity contribution >= 4 is 40.3 Å². The maximum Gasteiger partial charge on any atom is 0.514 e. The van der Waals surface area contributed by atoms with E-state index in [0.29, 0.717) is 33.4 Å². The second-order valence-electron chi connectivity index (χ2n) is 5.00. The van der Waals surface area contributed by atoms with Crippen LogP contribution in [-0.2, 0) is 11.3 Å². The minimum atomic E-state index is -0.790. The molecule has 0 aliphatic rings. The van der Waals surface area contributed by atoms with Crippen molar-refractivity contribution in [3.8, 4) is 17.0 Å². The third-order valence-corrected chi connectivity index (χ3v) is 4.14. The first-order chi connectivity index (χ1) is 11.5. The number of ether oxygens (including phenoxy) is 2. The summed E-state index contributed by atoms with van der Waals surface area (Å²) < 4.78 is 11.5. The Morgan fingerprint density at radius 1 is 1.21 bits per heavy atom. The highest BCUT2D eigenvalue weighted by atomic mass is 35.5. The van der Waals surface area contributed by atoms with E-state index in [4.69, 9.17) is 27.9 Å². The summed E-state index contributed by atoms with van der Waals surface area (Å²) in [5, 5.41) is 6.33. The highest BCUT2D eigenvalue weighted by Crippen LogP contribution is 2.37. The summed E-state index contributed by atoms with van der Waals surface area (Å²) in [6, 6.07) is 10.9. The van der Waals surface area contributed by atoms with Crippen molar-refractivity contribution < 1.29 is 14.3 Å². The number of hydrogen-bond acceptors (Lipinski definition) is 4. The zero-order valence-electron chi connectivity index (χ0n) is 13.0. The van der Waals surface area contributed by atoms with E-state index in [-0.39, 0.29) is 0 Å². The fourth-order valence-corrected chi connectivity index (χ4v) is 3.01. The lowest BCUT2D eigenvalue weighted by Crippen LogP contribution is -2.11. The molecule has 124 valence electrons. The number of carbonyl (C=O) groups is 1. The summed E-state index contributed by atoms with van der Waals surface area (Å²) in [5.74, 6) is 0.339. The van der Waals surface area contributed by atoms with Crippen molar-refractivity contribution in [2.45, 2.75) is 13.5 Å². The third kappa shape index (κ3) is 2.92. The summed E-state index contributed by atoms with van der Waals surface area (Å²) >= 11 is 12.3. The van der Waals surface area contributed by atoms with Crippen LogP contribution in [0.15, 0.2) is 36.4 Å². The summed E-state index contributed by atoms with van der Waals surface area (Å²) in [6.45, 7) is 2.44. The molecule has 1 aromatic heterocycles. The van der Waals surface area contributed by atoms with Crippen LogP contribution in [0.1, 0.15) is 6.92 Å². The summed E-state index contributed by atoms with van der Waals surface area (Å²) in [5.41, 5.74) is 2.32. The van der Waals surface area contributed by atoms with Gasteiger partial charge < -0.3 is 9.47 Å². The first-order valence-corrected chi connectivity index (χ1v) is 8.01. The van der Waals surface area contributed by atoms with Gasteiger partial charge in [0.05, 0.1) is 12.5 Å². The second-order valence-corrected chi connectivity index (χ2v) is 5.85. The van der Waals surface area contributed by atoms with Crippen LogP contribution in [-0.4, -0.2) is 23.0 Å². The van der Waals surface area contributed by atoms with Gasteiger partial charge in [-0.3, -0.25) is 0 Å². The smallest absolute Gasteiger partial charge is 0.437 e. The molecule has 0 N–H and O–H groups in total. The molecule has 0 saturated carbocycles. The number of carbonyl (C=O) groups excluding carboxylic acids is 1. The number of halogens is 2. The molecule has 3 rings (SSSR count). The zero-order chi connectivity index (χ0) is 17.3. The standard InChI is InChI=1S/C17H14Cl2N2O3/c1-3-21-16(24-17(22)23-2)13-6-4-5-12(15(13)20-21)11-8-7-10(18)9-14(11)19/h4-9H,3H2,1-2H3. The van der Waals surface area contributed by atoms with Gasteiger partial charge in [-0.1, -0.05) is 41.4 Å². The van der Waals surface area contributed by atoms with Crippen LogP contribution in [0.2, 0.25) is 10.0 Å². The predicted molar refractivity (Wildman–Crippen MR) is 93.9 cm³/mol. The lowest BCUT2D eigenvalue weighted by molar-refractivity contribution is 0.118. The van der Waals surface area contributed by atoms with Gasteiger partial charge in [0.25, 0.3) is 0 Å². The maximum atomic E-state index is 11.5. The number of rotatable bonds is 3. The van der Waals surface area contributed by atoms with Crippen molar-refractivity contribution in [2.24, 2.45) is 0 Å². The summed E-state index contributed by atoms with van der Waals surface area (Å²) in [6.07, 6.45) is -0.790. The van der Waals surface area contributed by atoms with Crippen molar-refractivity contribution in [1.82, 2.24) is 9.78 Å². The van der Waals surface area contributed by atoms with Crippen LogP contribution >= 0.6 is 23.2 Å². The normalized spacial score (nSPS) is 10.8. The molecule has 0 atom stereocenters. The molecule has 24 heavy (non-hydrogen) atoms. The molecule has 0 unspecified atom stereocenters. The first-order valence-electron chi connectivity index (χ1n) is 7.26. The van der Waals surface area contributed by atoms with E-state index in [1.807, 2.05) is 31.2 Å². The largest absolute Gasteiger partial charge is 0.514 e. The highest BCUT2D eigenvalue weighted by Gasteiger charge is 2.19. The van der Waals surface area contributed by atoms with E-state index in [1.165, 1.54) is 7.11 Å². The van der Waals surface area contributed by atoms with Crippen LogP contribution < -0.4 is 4.74 Å². The van der Waals surface area contributed by atoms with Crippen molar-refractivity contribution in [3.63, 3.8) is 0 Å². The van der Waals surface area contributed by atoms with E-state index >= 15 is 0 Å². The van der Waals surface area contributed by atoms with Gasteiger partial charge in [-0.05, 0) is 25.1 Å². The van der Waals surface area contributed by atoms with Gasteiger partial charge in [-0.15, -0.1) is 0 Å². The summed E-state index contributed by atoms with van der Waals surface area (Å²) in [7, 11) is 1.26. The SMILES string of the molecule is CCn1nc2c(-c3ccc(Cl)cc3Cl)cccc2c1OC(=O)OC. The number of fused-ring (bicyclic) bond motifs is 1. The van der Waals surface area contributed by atoms with E-state index < -0.39 is 6.16 Å². The minimum Gasteiger partial charge on any atom is -0.437 e. The number of benzene rings is 2. The van der Waals surface area contributed by atoms with Gasteiger partial charge in [0.1, 0.15) is 5.52 Å². The van der Waals surface area contributed by atoms with Crippen LogP contribution in [0.3, 0.4) is 0 Å². The Kier molecular flexibility index (Phi) is 4.64. The van der Waals surface area contributed by atoms with E-state index in [1.54, 1.807) is 16.8 Å².